The van der Waals surface area contributed by atoms with Gasteiger partial charge in [0.1, 0.15) is 11.5 Å². The molecule has 96 valence electrons. The molecule has 2 aromatic rings. The predicted octanol–water partition coefficient (Wildman–Crippen LogP) is 3.79. The molecule has 0 fully saturated rings. The van der Waals surface area contributed by atoms with Gasteiger partial charge in [0, 0.05) is 6.42 Å². The molecule has 18 heavy (non-hydrogen) atoms. The standard InChI is InChI=1S/C15H16O2.ClH/c1-11(16)3-4-12-5-6-14-10-15(17-2)8-7-13(14)9-12;/h5-10H,3-4H2,1-2H3;1H. The Kier molecular flexibility index (Phi) is 5.17. The number of hydrogen-bond donors (Lipinski definition) is 0. The topological polar surface area (TPSA) is 26.3 Å². The van der Waals surface area contributed by atoms with Gasteiger partial charge in [0.15, 0.2) is 0 Å². The molecule has 0 aliphatic heterocycles. The summed E-state index contributed by atoms with van der Waals surface area (Å²) in [6.07, 6.45) is 1.43. The summed E-state index contributed by atoms with van der Waals surface area (Å²) in [6.45, 7) is 1.63. The highest BCUT2D eigenvalue weighted by molar-refractivity contribution is 5.85. The maximum atomic E-state index is 10.9. The zero-order chi connectivity index (χ0) is 12.3. The van der Waals surface area contributed by atoms with Gasteiger partial charge in [0.2, 0.25) is 0 Å². The van der Waals surface area contributed by atoms with Gasteiger partial charge in [-0.2, -0.15) is 0 Å². The van der Waals surface area contributed by atoms with Crippen LogP contribution in [0.4, 0.5) is 0 Å². The minimum atomic E-state index is 0. The SMILES string of the molecule is COc1ccc2cc(CCC(C)=O)ccc2c1.Cl. The van der Waals surface area contributed by atoms with Gasteiger partial charge in [-0.15, -0.1) is 12.4 Å². The molecule has 0 spiro atoms. The summed E-state index contributed by atoms with van der Waals surface area (Å²) in [6, 6.07) is 12.3. The largest absolute Gasteiger partial charge is 0.497 e. The molecule has 0 radical (unpaired) electrons. The van der Waals surface area contributed by atoms with Crippen molar-refractivity contribution >= 4 is 29.0 Å². The van der Waals surface area contributed by atoms with E-state index in [4.69, 9.17) is 4.74 Å². The Morgan fingerprint density at radius 1 is 1.11 bits per heavy atom. The second-order valence-corrected chi connectivity index (χ2v) is 4.25. The zero-order valence-corrected chi connectivity index (χ0v) is 11.4. The van der Waals surface area contributed by atoms with E-state index in [1.807, 2.05) is 18.2 Å². The van der Waals surface area contributed by atoms with Crippen LogP contribution in [0.2, 0.25) is 0 Å². The summed E-state index contributed by atoms with van der Waals surface area (Å²) in [5.74, 6) is 1.11. The first-order valence-corrected chi connectivity index (χ1v) is 5.75. The molecule has 0 aliphatic rings. The molecule has 2 rings (SSSR count). The lowest BCUT2D eigenvalue weighted by molar-refractivity contribution is -0.116. The van der Waals surface area contributed by atoms with Crippen LogP contribution in [-0.2, 0) is 11.2 Å². The summed E-state index contributed by atoms with van der Waals surface area (Å²) in [4.78, 5) is 10.9. The van der Waals surface area contributed by atoms with E-state index in [9.17, 15) is 4.79 Å². The molecule has 0 bridgehead atoms. The molecule has 0 unspecified atom stereocenters. The van der Waals surface area contributed by atoms with Crippen molar-refractivity contribution in [3.63, 3.8) is 0 Å². The van der Waals surface area contributed by atoms with Crippen LogP contribution in [0, 0.1) is 0 Å². The molecule has 0 heterocycles. The molecule has 2 nitrogen and oxygen atoms in total. The highest BCUT2D eigenvalue weighted by Crippen LogP contribution is 2.22. The number of ketones is 1. The van der Waals surface area contributed by atoms with Crippen LogP contribution < -0.4 is 4.74 Å². The highest BCUT2D eigenvalue weighted by atomic mass is 35.5. The van der Waals surface area contributed by atoms with E-state index in [2.05, 4.69) is 18.2 Å². The number of carbonyl (C=O) groups is 1. The molecular formula is C15H17ClO2. The predicted molar refractivity (Wildman–Crippen MR) is 76.8 cm³/mol. The van der Waals surface area contributed by atoms with Gasteiger partial charge in [-0.05, 0) is 41.8 Å². The van der Waals surface area contributed by atoms with E-state index >= 15 is 0 Å². The van der Waals surface area contributed by atoms with E-state index in [1.165, 1.54) is 10.9 Å². The lowest BCUT2D eigenvalue weighted by Gasteiger charge is -2.05. The fourth-order valence-corrected chi connectivity index (χ4v) is 1.88. The maximum absolute atomic E-state index is 10.9. The van der Waals surface area contributed by atoms with Gasteiger partial charge in [-0.1, -0.05) is 24.3 Å². The van der Waals surface area contributed by atoms with Crippen molar-refractivity contribution in [3.05, 3.63) is 42.0 Å². The third-order valence-corrected chi connectivity index (χ3v) is 2.88. The number of rotatable bonds is 4. The minimum absolute atomic E-state index is 0. The summed E-state index contributed by atoms with van der Waals surface area (Å²) in [7, 11) is 1.67. The van der Waals surface area contributed by atoms with Crippen molar-refractivity contribution in [3.8, 4) is 5.75 Å². The second kappa shape index (κ2) is 6.41. The number of benzene rings is 2. The third-order valence-electron chi connectivity index (χ3n) is 2.88. The van der Waals surface area contributed by atoms with Crippen LogP contribution in [0.15, 0.2) is 36.4 Å². The average Bonchev–Trinajstić information content (AvgIpc) is 2.35. The fourth-order valence-electron chi connectivity index (χ4n) is 1.88. The smallest absolute Gasteiger partial charge is 0.130 e. The number of methoxy groups -OCH3 is 1. The Morgan fingerprint density at radius 2 is 1.78 bits per heavy atom. The van der Waals surface area contributed by atoms with Crippen LogP contribution in [0.1, 0.15) is 18.9 Å². The molecule has 0 aliphatic carbocycles. The van der Waals surface area contributed by atoms with Crippen LogP contribution in [0.5, 0.6) is 5.75 Å². The molecule has 0 saturated carbocycles. The summed E-state index contributed by atoms with van der Waals surface area (Å²) in [5.41, 5.74) is 1.21. The molecule has 0 saturated heterocycles. The van der Waals surface area contributed by atoms with Crippen molar-refractivity contribution < 1.29 is 9.53 Å². The monoisotopic (exact) mass is 264 g/mol. The summed E-state index contributed by atoms with van der Waals surface area (Å²) >= 11 is 0. The maximum Gasteiger partial charge on any atom is 0.130 e. The molecule has 0 aromatic heterocycles. The van der Waals surface area contributed by atoms with Crippen molar-refractivity contribution in [2.24, 2.45) is 0 Å². The number of hydrogen-bond acceptors (Lipinski definition) is 2. The van der Waals surface area contributed by atoms with Gasteiger partial charge in [0.25, 0.3) is 0 Å². The Balaban J connectivity index is 0.00000162. The number of fused-ring (bicyclic) bond motifs is 1. The average molecular weight is 265 g/mol. The third kappa shape index (κ3) is 3.47. The van der Waals surface area contributed by atoms with Gasteiger partial charge < -0.3 is 9.53 Å². The molecular weight excluding hydrogens is 248 g/mol. The van der Waals surface area contributed by atoms with Crippen LogP contribution >= 0.6 is 12.4 Å². The van der Waals surface area contributed by atoms with E-state index in [1.54, 1.807) is 14.0 Å². The first-order chi connectivity index (χ1) is 8.19. The van der Waals surface area contributed by atoms with Crippen molar-refractivity contribution in [2.75, 3.05) is 7.11 Å². The Labute approximate surface area is 113 Å². The molecule has 0 atom stereocenters. The van der Waals surface area contributed by atoms with Gasteiger partial charge in [-0.25, -0.2) is 0 Å². The highest BCUT2D eigenvalue weighted by Gasteiger charge is 2.00. The fraction of sp³-hybridized carbons (Fsp3) is 0.267. The Morgan fingerprint density at radius 3 is 2.44 bits per heavy atom. The summed E-state index contributed by atoms with van der Waals surface area (Å²) < 4.78 is 5.19. The van der Waals surface area contributed by atoms with Gasteiger partial charge >= 0.3 is 0 Å². The zero-order valence-electron chi connectivity index (χ0n) is 10.6. The van der Waals surface area contributed by atoms with Crippen LogP contribution in [-0.4, -0.2) is 12.9 Å². The van der Waals surface area contributed by atoms with Crippen LogP contribution in [0.25, 0.3) is 10.8 Å². The summed E-state index contributed by atoms with van der Waals surface area (Å²) in [5, 5.41) is 2.35. The number of ether oxygens (including phenoxy) is 1. The van der Waals surface area contributed by atoms with Gasteiger partial charge in [0.05, 0.1) is 7.11 Å². The Hall–Kier alpha value is -1.54. The molecule has 0 amide bonds. The lowest BCUT2D eigenvalue weighted by atomic mass is 10.0. The van der Waals surface area contributed by atoms with E-state index in [0.717, 1.165) is 17.6 Å². The van der Waals surface area contributed by atoms with E-state index in [0.29, 0.717) is 6.42 Å². The van der Waals surface area contributed by atoms with E-state index < -0.39 is 0 Å². The number of halogens is 1. The van der Waals surface area contributed by atoms with Crippen LogP contribution in [0.3, 0.4) is 0 Å². The lowest BCUT2D eigenvalue weighted by Crippen LogP contribution is -1.93. The molecule has 0 N–H and O–H groups in total. The van der Waals surface area contributed by atoms with Crippen molar-refractivity contribution in [2.45, 2.75) is 19.8 Å². The minimum Gasteiger partial charge on any atom is -0.497 e. The van der Waals surface area contributed by atoms with Crippen molar-refractivity contribution in [1.82, 2.24) is 0 Å². The van der Waals surface area contributed by atoms with Crippen molar-refractivity contribution in [1.29, 1.82) is 0 Å². The first kappa shape index (κ1) is 14.5. The quantitative estimate of drug-likeness (QED) is 0.840. The van der Waals surface area contributed by atoms with E-state index in [-0.39, 0.29) is 18.2 Å². The molecule has 3 heteroatoms. The number of aryl methyl sites for hydroxylation is 1. The second-order valence-electron chi connectivity index (χ2n) is 4.25. The normalized spacial score (nSPS) is 9.89. The van der Waals surface area contributed by atoms with Gasteiger partial charge in [-0.3, -0.25) is 0 Å². The number of Topliss-reactive ketones (excluding diaryl/α,β-unsaturated/α-hetero) is 1. The first-order valence-electron chi connectivity index (χ1n) is 5.75. The number of carbonyl (C=O) groups excluding carboxylic acids is 1. The molecule has 2 aromatic carbocycles. The Bertz CT molecular complexity index is 549.